The van der Waals surface area contributed by atoms with Crippen LogP contribution < -0.4 is 10.1 Å². The minimum absolute atomic E-state index is 0.0106. The first-order valence-electron chi connectivity index (χ1n) is 11.9. The van der Waals surface area contributed by atoms with Gasteiger partial charge >= 0.3 is 6.61 Å². The summed E-state index contributed by atoms with van der Waals surface area (Å²) >= 11 is 10.2. The number of alkyl halides is 2. The van der Waals surface area contributed by atoms with Gasteiger partial charge in [-0.15, -0.1) is 0 Å². The zero-order valence-corrected chi connectivity index (χ0v) is 23.2. The van der Waals surface area contributed by atoms with Crippen molar-refractivity contribution >= 4 is 33.7 Å². The molecule has 35 heavy (non-hydrogen) atoms. The predicted molar refractivity (Wildman–Crippen MR) is 138 cm³/mol. The van der Waals surface area contributed by atoms with E-state index in [0.29, 0.717) is 36.7 Å². The van der Waals surface area contributed by atoms with Gasteiger partial charge in [0.1, 0.15) is 5.75 Å². The van der Waals surface area contributed by atoms with Gasteiger partial charge in [-0.3, -0.25) is 9.48 Å². The number of nitrogens with one attached hydrogen (secondary N) is 1. The maximum Gasteiger partial charge on any atom is 0.387 e. The minimum Gasteiger partial charge on any atom is -0.434 e. The van der Waals surface area contributed by atoms with Gasteiger partial charge < -0.3 is 10.1 Å². The highest BCUT2D eigenvalue weighted by molar-refractivity contribution is 9.07. The Morgan fingerprint density at radius 1 is 1.34 bits per heavy atom. The highest BCUT2D eigenvalue weighted by Gasteiger charge is 2.28. The van der Waals surface area contributed by atoms with Gasteiger partial charge in [0.25, 0.3) is 5.91 Å². The lowest BCUT2D eigenvalue weighted by atomic mass is 9.87. The first-order chi connectivity index (χ1) is 16.4. The molecule has 0 spiro atoms. The summed E-state index contributed by atoms with van der Waals surface area (Å²) in [4.78, 5) is 13.0. The predicted octanol–water partition coefficient (Wildman–Crippen LogP) is 6.55. The molecule has 194 valence electrons. The number of halogens is 4. The van der Waals surface area contributed by atoms with Crippen LogP contribution in [0.2, 0.25) is 5.02 Å². The lowest BCUT2D eigenvalue weighted by Gasteiger charge is -2.34. The van der Waals surface area contributed by atoms with Crippen molar-refractivity contribution in [2.45, 2.75) is 73.1 Å². The molecule has 1 fully saturated rings. The Bertz CT molecular complexity index is 1040. The summed E-state index contributed by atoms with van der Waals surface area (Å²) in [6.07, 6.45) is 2.74. The molecule has 0 radical (unpaired) electrons. The van der Waals surface area contributed by atoms with Crippen LogP contribution in [0.5, 0.6) is 5.75 Å². The van der Waals surface area contributed by atoms with Gasteiger partial charge in [0.05, 0.1) is 10.7 Å². The Morgan fingerprint density at radius 2 is 2.06 bits per heavy atom. The number of benzene rings is 1. The van der Waals surface area contributed by atoms with Crippen molar-refractivity contribution in [2.75, 3.05) is 13.1 Å². The van der Waals surface area contributed by atoms with Crippen LogP contribution in [-0.4, -0.2) is 45.4 Å². The van der Waals surface area contributed by atoms with E-state index < -0.39 is 12.5 Å². The van der Waals surface area contributed by atoms with E-state index in [4.69, 9.17) is 16.3 Å². The van der Waals surface area contributed by atoms with E-state index in [1.54, 1.807) is 16.8 Å². The molecule has 2 atom stereocenters. The van der Waals surface area contributed by atoms with Crippen molar-refractivity contribution in [3.63, 3.8) is 0 Å². The van der Waals surface area contributed by atoms with E-state index >= 15 is 0 Å². The van der Waals surface area contributed by atoms with Crippen LogP contribution in [0.1, 0.15) is 63.5 Å². The second-order valence-electron chi connectivity index (χ2n) is 10.4. The Labute approximate surface area is 219 Å². The quantitative estimate of drug-likeness (QED) is 0.363. The third kappa shape index (κ3) is 7.17. The summed E-state index contributed by atoms with van der Waals surface area (Å²) in [5.41, 5.74) is 1.66. The maximum atomic E-state index is 13.3. The number of hydrogen-bond acceptors (Lipinski definition) is 4. The van der Waals surface area contributed by atoms with E-state index in [9.17, 15) is 13.6 Å². The van der Waals surface area contributed by atoms with E-state index in [-0.39, 0.29) is 27.9 Å². The fraction of sp³-hybridized carbons (Fsp3) is 0.600. The van der Waals surface area contributed by atoms with Gasteiger partial charge in [-0.05, 0) is 55.2 Å². The number of ether oxygens (including phenoxy) is 1. The van der Waals surface area contributed by atoms with Crippen LogP contribution in [0, 0.1) is 11.3 Å². The van der Waals surface area contributed by atoms with Gasteiger partial charge in [-0.2, -0.15) is 13.9 Å². The number of aryl methyl sites for hydroxylation is 1. The van der Waals surface area contributed by atoms with Gasteiger partial charge in [0, 0.05) is 47.4 Å². The fourth-order valence-electron chi connectivity index (χ4n) is 4.40. The number of hydrogen-bond donors (Lipinski definition) is 1. The number of nitrogens with zero attached hydrogens (tertiary/aromatic N) is 3. The number of rotatable bonds is 8. The molecule has 0 aliphatic carbocycles. The second kappa shape index (κ2) is 11.6. The number of carbonyl (C=O) groups excluding carboxylic acids is 1. The molecule has 1 N–H and O–H groups in total. The van der Waals surface area contributed by atoms with E-state index in [1.807, 2.05) is 13.0 Å². The van der Waals surface area contributed by atoms with Crippen molar-refractivity contribution < 1.29 is 18.3 Å². The van der Waals surface area contributed by atoms with Crippen molar-refractivity contribution in [1.82, 2.24) is 19.0 Å². The first-order valence-corrected chi connectivity index (χ1v) is 13.0. The molecule has 10 heteroatoms. The molecule has 1 aromatic heterocycles. The zero-order chi connectivity index (χ0) is 25.9. The first kappa shape index (κ1) is 27.9. The lowest BCUT2D eigenvalue weighted by Crippen LogP contribution is -2.44. The van der Waals surface area contributed by atoms with Crippen molar-refractivity contribution in [3.8, 4) is 17.0 Å². The molecule has 2 heterocycles. The molecule has 0 unspecified atom stereocenters. The van der Waals surface area contributed by atoms with Gasteiger partial charge in [0.15, 0.2) is 5.69 Å². The maximum absolute atomic E-state index is 13.3. The summed E-state index contributed by atoms with van der Waals surface area (Å²) in [7, 11) is 0. The normalized spacial score (nSPS) is 19.3. The summed E-state index contributed by atoms with van der Waals surface area (Å²) in [6.45, 7) is 9.03. The molecular weight excluding hydrogens is 542 g/mol. The molecule has 3 rings (SSSR count). The Morgan fingerprint density at radius 3 is 2.66 bits per heavy atom. The average molecular weight is 576 g/mol. The Kier molecular flexibility index (Phi) is 9.21. The molecule has 1 amide bonds. The van der Waals surface area contributed by atoms with Crippen LogP contribution in [-0.2, 0) is 13.0 Å². The third-order valence-corrected chi connectivity index (χ3v) is 7.26. The van der Waals surface area contributed by atoms with E-state index in [1.165, 1.54) is 0 Å². The highest BCUT2D eigenvalue weighted by atomic mass is 79.9. The molecule has 1 saturated heterocycles. The smallest absolute Gasteiger partial charge is 0.387 e. The summed E-state index contributed by atoms with van der Waals surface area (Å²) in [6, 6.07) is 5.37. The highest BCUT2D eigenvalue weighted by Crippen LogP contribution is 2.39. The summed E-state index contributed by atoms with van der Waals surface area (Å²) in [5.74, 6) is 0.207. The van der Waals surface area contributed by atoms with Crippen molar-refractivity contribution in [3.05, 3.63) is 34.5 Å². The SMILES string of the molecule is CCn1nc(C(=O)NC[C@@H]2CC[C@@H](C)CN2Br)c(Cl)c1-c1ccc(CC(C)(C)C)cc1OC(F)F. The average Bonchev–Trinajstić information content (AvgIpc) is 3.08. The standard InChI is InChI=1S/C25H34BrClF2N4O2/c1-6-33-22(18-10-8-16(12-25(3,4)5)11-19(18)35-24(28)29)20(27)21(31-33)23(34)30-13-17-9-7-15(2)14-32(17)26/h8,10-11,15,17,24H,6-7,9,12-14H2,1-5H3,(H,30,34)/t15-,17+/m1/s1. The molecular formula is C25H34BrClF2N4O2. The van der Waals surface area contributed by atoms with Crippen molar-refractivity contribution in [2.24, 2.45) is 11.3 Å². The summed E-state index contributed by atoms with van der Waals surface area (Å²) < 4.78 is 35.1. The van der Waals surface area contributed by atoms with Crippen LogP contribution >= 0.6 is 27.7 Å². The van der Waals surface area contributed by atoms with Crippen LogP contribution in [0.25, 0.3) is 11.3 Å². The van der Waals surface area contributed by atoms with Crippen LogP contribution in [0.15, 0.2) is 18.2 Å². The monoisotopic (exact) mass is 574 g/mol. The van der Waals surface area contributed by atoms with Crippen molar-refractivity contribution in [1.29, 1.82) is 0 Å². The Balaban J connectivity index is 1.90. The van der Waals surface area contributed by atoms with E-state index in [0.717, 1.165) is 24.9 Å². The molecule has 1 aliphatic rings. The van der Waals surface area contributed by atoms with Gasteiger partial charge in [-0.25, -0.2) is 3.93 Å². The fourth-order valence-corrected chi connectivity index (χ4v) is 5.57. The molecule has 6 nitrogen and oxygen atoms in total. The summed E-state index contributed by atoms with van der Waals surface area (Å²) in [5, 5.41) is 7.45. The number of aromatic nitrogens is 2. The number of carbonyl (C=O) groups is 1. The Hall–Kier alpha value is -1.71. The van der Waals surface area contributed by atoms with Gasteiger partial charge in [0.2, 0.25) is 0 Å². The molecule has 2 aromatic rings. The van der Waals surface area contributed by atoms with Crippen LogP contribution in [0.4, 0.5) is 8.78 Å². The van der Waals surface area contributed by atoms with Crippen LogP contribution in [0.3, 0.4) is 0 Å². The largest absolute Gasteiger partial charge is 0.434 e. The van der Waals surface area contributed by atoms with Gasteiger partial charge in [-0.1, -0.05) is 45.4 Å². The molecule has 1 aromatic carbocycles. The molecule has 1 aliphatic heterocycles. The number of amides is 1. The third-order valence-electron chi connectivity index (χ3n) is 6.03. The topological polar surface area (TPSA) is 59.4 Å². The second-order valence-corrected chi connectivity index (χ2v) is 11.7. The minimum atomic E-state index is -3.00. The number of piperidine rings is 1. The zero-order valence-electron chi connectivity index (χ0n) is 20.9. The lowest BCUT2D eigenvalue weighted by molar-refractivity contribution is -0.0495. The molecule has 0 saturated carbocycles. The molecule has 0 bridgehead atoms. The van der Waals surface area contributed by atoms with E-state index in [2.05, 4.69) is 58.2 Å².